The minimum atomic E-state index is -0.511. The molecule has 19 heavy (non-hydrogen) atoms. The summed E-state index contributed by atoms with van der Waals surface area (Å²) < 4.78 is 5.78. The van der Waals surface area contributed by atoms with Crippen LogP contribution in [0, 0.1) is 10.1 Å². The number of hydrogen-bond acceptors (Lipinski definition) is 4. The lowest BCUT2D eigenvalue weighted by Gasteiger charge is -2.09. The van der Waals surface area contributed by atoms with E-state index in [0.717, 1.165) is 0 Å². The van der Waals surface area contributed by atoms with Gasteiger partial charge in [0.25, 0.3) is 5.69 Å². The summed E-state index contributed by atoms with van der Waals surface area (Å²) in [6.07, 6.45) is 0.667. The van der Waals surface area contributed by atoms with Crippen LogP contribution in [0.4, 0.5) is 5.69 Å². The van der Waals surface area contributed by atoms with E-state index in [1.165, 1.54) is 12.1 Å². The Hall–Kier alpha value is -2.21. The third-order valence-electron chi connectivity index (χ3n) is 2.41. The molecule has 0 amide bonds. The quantitative estimate of drug-likeness (QED) is 0.485. The van der Waals surface area contributed by atoms with Gasteiger partial charge in [0.1, 0.15) is 16.0 Å². The van der Waals surface area contributed by atoms with E-state index in [0.29, 0.717) is 17.6 Å². The molecule has 0 N–H and O–H groups in total. The van der Waals surface area contributed by atoms with Crippen molar-refractivity contribution in [1.29, 1.82) is 0 Å². The van der Waals surface area contributed by atoms with Crippen LogP contribution in [-0.2, 0) is 0 Å². The average Bonchev–Trinajstić information content (AvgIpc) is 2.41. The second-order valence-electron chi connectivity index (χ2n) is 3.60. The number of rotatable bonds is 4. The number of halogens is 1. The van der Waals surface area contributed by atoms with Gasteiger partial charge < -0.3 is 4.74 Å². The van der Waals surface area contributed by atoms with Crippen LogP contribution in [0.3, 0.4) is 0 Å². The summed E-state index contributed by atoms with van der Waals surface area (Å²) in [6.45, 7) is 0. The van der Waals surface area contributed by atoms with Gasteiger partial charge in [-0.25, -0.2) is 0 Å². The summed E-state index contributed by atoms with van der Waals surface area (Å²) in [6, 6.07) is 11.1. The Balaban J connectivity index is 2.41. The molecule has 2 aromatic rings. The lowest BCUT2D eigenvalue weighted by molar-refractivity contribution is -0.385. The molecule has 0 saturated carbocycles. The molecule has 0 atom stereocenters. The molecule has 0 aliphatic carbocycles. The van der Waals surface area contributed by atoms with Crippen molar-refractivity contribution in [3.8, 4) is 11.5 Å². The molecule has 0 aliphatic heterocycles. The van der Waals surface area contributed by atoms with Crippen molar-refractivity contribution in [2.24, 2.45) is 0 Å². The number of hydrogen-bond donors (Lipinski definition) is 0. The van der Waals surface area contributed by atoms with Gasteiger partial charge in [0.2, 0.25) is 0 Å². The third kappa shape index (κ3) is 2.79. The molecule has 0 radical (unpaired) electrons. The predicted molar refractivity (Wildman–Crippen MR) is 72.7 cm³/mol. The van der Waals surface area contributed by atoms with Crippen LogP contribution in [0.25, 0.3) is 0 Å². The summed E-state index contributed by atoms with van der Waals surface area (Å²) >= 11 is 3.13. The van der Waals surface area contributed by atoms with Gasteiger partial charge in [-0.3, -0.25) is 14.9 Å². The zero-order chi connectivity index (χ0) is 13.8. The fourth-order valence-electron chi connectivity index (χ4n) is 1.51. The second kappa shape index (κ2) is 5.62. The topological polar surface area (TPSA) is 69.4 Å². The first kappa shape index (κ1) is 13.2. The number of nitrogens with zero attached hydrogens (tertiary/aromatic N) is 1. The molecule has 0 unspecified atom stereocenters. The maximum Gasteiger partial charge on any atom is 0.287 e. The Morgan fingerprint density at radius 3 is 2.47 bits per heavy atom. The zero-order valence-electron chi connectivity index (χ0n) is 9.58. The van der Waals surface area contributed by atoms with Crippen molar-refractivity contribution in [3.63, 3.8) is 0 Å². The second-order valence-corrected chi connectivity index (χ2v) is 4.40. The lowest BCUT2D eigenvalue weighted by Crippen LogP contribution is -1.94. The van der Waals surface area contributed by atoms with E-state index in [2.05, 4.69) is 15.9 Å². The van der Waals surface area contributed by atoms with Crippen LogP contribution >= 0.6 is 15.9 Å². The number of ether oxygens (including phenoxy) is 1. The van der Waals surface area contributed by atoms with Gasteiger partial charge in [-0.15, -0.1) is 0 Å². The highest BCUT2D eigenvalue weighted by molar-refractivity contribution is 9.10. The summed E-state index contributed by atoms with van der Waals surface area (Å²) in [5, 5.41) is 10.8. The number of carbonyl (C=O) groups excluding carboxylic acids is 1. The Morgan fingerprint density at radius 2 is 1.79 bits per heavy atom. The molecule has 6 heteroatoms. The minimum absolute atomic E-state index is 0.0962. The SMILES string of the molecule is O=Cc1ccccc1Oc1cccc([N+](=O)[O-])c1Br. The Bertz CT molecular complexity index is 642. The molecule has 96 valence electrons. The Labute approximate surface area is 117 Å². The van der Waals surface area contributed by atoms with E-state index < -0.39 is 4.92 Å². The number of para-hydroxylation sites is 1. The maximum absolute atomic E-state index is 10.9. The molecule has 2 aromatic carbocycles. The van der Waals surface area contributed by atoms with Crippen LogP contribution in [0.5, 0.6) is 11.5 Å². The first-order valence-electron chi connectivity index (χ1n) is 5.28. The lowest BCUT2D eigenvalue weighted by atomic mass is 10.2. The van der Waals surface area contributed by atoms with Crippen molar-refractivity contribution < 1.29 is 14.5 Å². The van der Waals surface area contributed by atoms with Crippen molar-refractivity contribution in [3.05, 3.63) is 62.6 Å². The molecule has 0 spiro atoms. The van der Waals surface area contributed by atoms with Gasteiger partial charge in [-0.1, -0.05) is 18.2 Å². The summed E-state index contributed by atoms with van der Waals surface area (Å²) in [5.41, 5.74) is 0.280. The average molecular weight is 322 g/mol. The molecule has 0 aliphatic rings. The molecule has 0 heterocycles. The van der Waals surface area contributed by atoms with Crippen LogP contribution in [0.1, 0.15) is 10.4 Å². The molecular weight excluding hydrogens is 314 g/mol. The largest absolute Gasteiger partial charge is 0.455 e. The maximum atomic E-state index is 10.9. The standard InChI is InChI=1S/C13H8BrNO4/c14-13-10(15(17)18)5-3-7-12(13)19-11-6-2-1-4-9(11)8-16/h1-8H. The Morgan fingerprint density at radius 1 is 1.11 bits per heavy atom. The van der Waals surface area contributed by atoms with Gasteiger partial charge >= 0.3 is 0 Å². The van der Waals surface area contributed by atoms with Gasteiger partial charge in [-0.2, -0.15) is 0 Å². The molecule has 0 aromatic heterocycles. The molecule has 0 bridgehead atoms. The molecule has 0 fully saturated rings. The minimum Gasteiger partial charge on any atom is -0.455 e. The van der Waals surface area contributed by atoms with E-state index in [1.807, 2.05) is 0 Å². The number of aldehydes is 1. The smallest absolute Gasteiger partial charge is 0.287 e. The van der Waals surface area contributed by atoms with Crippen LogP contribution in [0.2, 0.25) is 0 Å². The van der Waals surface area contributed by atoms with Crippen LogP contribution in [-0.4, -0.2) is 11.2 Å². The molecule has 5 nitrogen and oxygen atoms in total. The molecular formula is C13H8BrNO4. The summed E-state index contributed by atoms with van der Waals surface area (Å²) in [7, 11) is 0. The highest BCUT2D eigenvalue weighted by atomic mass is 79.9. The fourth-order valence-corrected chi connectivity index (χ4v) is 2.00. The molecule has 2 rings (SSSR count). The van der Waals surface area contributed by atoms with E-state index in [4.69, 9.17) is 4.74 Å². The van der Waals surface area contributed by atoms with Crippen molar-refractivity contribution >= 4 is 27.9 Å². The van der Waals surface area contributed by atoms with Crippen LogP contribution in [0.15, 0.2) is 46.9 Å². The van der Waals surface area contributed by atoms with Crippen molar-refractivity contribution in [2.45, 2.75) is 0 Å². The predicted octanol–water partition coefficient (Wildman–Crippen LogP) is 3.96. The fraction of sp³-hybridized carbons (Fsp3) is 0. The Kier molecular flexibility index (Phi) is 3.91. The third-order valence-corrected chi connectivity index (χ3v) is 3.20. The van der Waals surface area contributed by atoms with E-state index >= 15 is 0 Å². The normalized spacial score (nSPS) is 9.95. The highest BCUT2D eigenvalue weighted by Crippen LogP contribution is 2.36. The van der Waals surface area contributed by atoms with Crippen molar-refractivity contribution in [1.82, 2.24) is 0 Å². The van der Waals surface area contributed by atoms with Crippen LogP contribution < -0.4 is 4.74 Å². The van der Waals surface area contributed by atoms with E-state index in [1.54, 1.807) is 30.3 Å². The first-order chi connectivity index (χ1) is 9.13. The van der Waals surface area contributed by atoms with Gasteiger partial charge in [0, 0.05) is 6.07 Å². The first-order valence-corrected chi connectivity index (χ1v) is 6.07. The number of nitro benzene ring substituents is 1. The van der Waals surface area contributed by atoms with Gasteiger partial charge in [-0.05, 0) is 34.1 Å². The van der Waals surface area contributed by atoms with Crippen molar-refractivity contribution in [2.75, 3.05) is 0 Å². The monoisotopic (exact) mass is 321 g/mol. The number of carbonyl (C=O) groups is 1. The van der Waals surface area contributed by atoms with Gasteiger partial charge in [0.05, 0.1) is 10.5 Å². The van der Waals surface area contributed by atoms with E-state index in [9.17, 15) is 14.9 Å². The zero-order valence-corrected chi connectivity index (χ0v) is 11.2. The summed E-state index contributed by atoms with van der Waals surface area (Å²) in [4.78, 5) is 21.2. The number of benzene rings is 2. The summed E-state index contributed by atoms with van der Waals surface area (Å²) in [5.74, 6) is 0.627. The van der Waals surface area contributed by atoms with E-state index in [-0.39, 0.29) is 15.9 Å². The highest BCUT2D eigenvalue weighted by Gasteiger charge is 2.17. The molecule has 0 saturated heterocycles. The van der Waals surface area contributed by atoms with Gasteiger partial charge in [0.15, 0.2) is 6.29 Å². The number of nitro groups is 1.